The van der Waals surface area contributed by atoms with E-state index in [1.54, 1.807) is 24.1 Å². The predicted octanol–water partition coefficient (Wildman–Crippen LogP) is 5.05. The Kier molecular flexibility index (Phi) is 7.82. The summed E-state index contributed by atoms with van der Waals surface area (Å²) in [4.78, 5) is 16.9. The number of carbonyl (C=O) groups excluding carboxylic acids is 1. The molecule has 2 aromatic rings. The van der Waals surface area contributed by atoms with Crippen LogP contribution in [0.25, 0.3) is 0 Å². The second kappa shape index (κ2) is 10.4. The van der Waals surface area contributed by atoms with Crippen LogP contribution in [0.5, 0.6) is 5.75 Å². The molecule has 0 N–H and O–H groups in total. The summed E-state index contributed by atoms with van der Waals surface area (Å²) in [7, 11) is 3.43. The van der Waals surface area contributed by atoms with Crippen LogP contribution in [0.1, 0.15) is 39.9 Å². The van der Waals surface area contributed by atoms with Gasteiger partial charge in [-0.25, -0.2) is 0 Å². The lowest BCUT2D eigenvalue weighted by atomic mass is 9.96. The van der Waals surface area contributed by atoms with Gasteiger partial charge in [0, 0.05) is 32.2 Å². The van der Waals surface area contributed by atoms with Crippen molar-refractivity contribution in [1.29, 1.82) is 0 Å². The number of aryl methyl sites for hydroxylation is 1. The molecule has 1 amide bonds. The van der Waals surface area contributed by atoms with E-state index in [4.69, 9.17) is 4.74 Å². The lowest BCUT2D eigenvalue weighted by Crippen LogP contribution is -2.42. The molecule has 1 aliphatic rings. The van der Waals surface area contributed by atoms with Crippen molar-refractivity contribution in [3.05, 3.63) is 64.7 Å². The average molecular weight is 449 g/mol. The molecule has 1 aliphatic heterocycles. The molecule has 0 aromatic heterocycles. The van der Waals surface area contributed by atoms with Crippen LogP contribution in [-0.2, 0) is 12.6 Å². The molecule has 2 aromatic carbocycles. The van der Waals surface area contributed by atoms with Crippen LogP contribution >= 0.6 is 0 Å². The first kappa shape index (κ1) is 24.1. The van der Waals surface area contributed by atoms with Gasteiger partial charge in [0.2, 0.25) is 0 Å². The van der Waals surface area contributed by atoms with Gasteiger partial charge in [0.15, 0.2) is 0 Å². The van der Waals surface area contributed by atoms with Crippen molar-refractivity contribution in [2.24, 2.45) is 5.92 Å². The maximum atomic E-state index is 12.9. The number of methoxy groups -OCH3 is 1. The summed E-state index contributed by atoms with van der Waals surface area (Å²) in [6.07, 6.45) is -1.67. The minimum atomic E-state index is -4.31. The second-order valence-corrected chi connectivity index (χ2v) is 8.63. The Labute approximate surface area is 188 Å². The monoisotopic (exact) mass is 448 g/mol. The predicted molar refractivity (Wildman–Crippen MR) is 119 cm³/mol. The standard InChI is InChI=1S/C25H31F3N2O2/c1-18-14-21(9-10-23(18)32-3)24(31)29(2)16-20-7-5-12-30(17-20)13-11-19-6-4-8-22(15-19)25(26,27)28/h4,6,8-10,14-15,20H,5,7,11-13,16-17H2,1-3H3/t20-/m0/s1. The van der Waals surface area contributed by atoms with Crippen LogP contribution in [0.2, 0.25) is 0 Å². The first-order valence-electron chi connectivity index (χ1n) is 11.0. The van der Waals surface area contributed by atoms with Gasteiger partial charge in [-0.15, -0.1) is 0 Å². The van der Waals surface area contributed by atoms with Gasteiger partial charge in [0.1, 0.15) is 5.75 Å². The molecule has 0 bridgehead atoms. The molecule has 0 spiro atoms. The fourth-order valence-electron chi connectivity index (χ4n) is 4.40. The number of hydrogen-bond acceptors (Lipinski definition) is 3. The molecule has 7 heteroatoms. The normalized spacial score (nSPS) is 17.2. The van der Waals surface area contributed by atoms with Gasteiger partial charge in [-0.1, -0.05) is 18.2 Å². The Morgan fingerprint density at radius 1 is 1.22 bits per heavy atom. The molecular formula is C25H31F3N2O2. The van der Waals surface area contributed by atoms with Crippen LogP contribution < -0.4 is 4.74 Å². The molecule has 0 aliphatic carbocycles. The highest BCUT2D eigenvalue weighted by atomic mass is 19.4. The highest BCUT2D eigenvalue weighted by Gasteiger charge is 2.30. The van der Waals surface area contributed by atoms with Crippen molar-refractivity contribution >= 4 is 5.91 Å². The number of likely N-dealkylation sites (tertiary alicyclic amines) is 1. The zero-order chi connectivity index (χ0) is 23.3. The zero-order valence-corrected chi connectivity index (χ0v) is 18.9. The average Bonchev–Trinajstić information content (AvgIpc) is 2.77. The minimum Gasteiger partial charge on any atom is -0.496 e. The van der Waals surface area contributed by atoms with Crippen molar-refractivity contribution in [2.45, 2.75) is 32.4 Å². The van der Waals surface area contributed by atoms with E-state index in [2.05, 4.69) is 4.90 Å². The van der Waals surface area contributed by atoms with Gasteiger partial charge in [-0.2, -0.15) is 13.2 Å². The number of hydrogen-bond donors (Lipinski definition) is 0. The number of nitrogens with zero attached hydrogens (tertiary/aromatic N) is 2. The molecule has 174 valence electrons. The quantitative estimate of drug-likeness (QED) is 0.594. The molecule has 1 saturated heterocycles. The minimum absolute atomic E-state index is 0.0168. The van der Waals surface area contributed by atoms with Gasteiger partial charge in [-0.05, 0) is 74.0 Å². The zero-order valence-electron chi connectivity index (χ0n) is 18.9. The second-order valence-electron chi connectivity index (χ2n) is 8.63. The third-order valence-corrected chi connectivity index (χ3v) is 6.09. The third kappa shape index (κ3) is 6.25. The highest BCUT2D eigenvalue weighted by Crippen LogP contribution is 2.29. The van der Waals surface area contributed by atoms with E-state index >= 15 is 0 Å². The Hall–Kier alpha value is -2.54. The smallest absolute Gasteiger partial charge is 0.416 e. The van der Waals surface area contributed by atoms with E-state index in [1.807, 2.05) is 26.1 Å². The van der Waals surface area contributed by atoms with Gasteiger partial charge < -0.3 is 14.5 Å². The summed E-state index contributed by atoms with van der Waals surface area (Å²) in [6.45, 7) is 5.07. The molecule has 1 fully saturated rings. The molecule has 1 heterocycles. The fourth-order valence-corrected chi connectivity index (χ4v) is 4.40. The summed E-state index contributed by atoms with van der Waals surface area (Å²) in [6, 6.07) is 11.0. The van der Waals surface area contributed by atoms with E-state index in [-0.39, 0.29) is 5.91 Å². The van der Waals surface area contributed by atoms with Gasteiger partial charge in [0.05, 0.1) is 12.7 Å². The van der Waals surface area contributed by atoms with Crippen LogP contribution in [-0.4, -0.2) is 56.0 Å². The molecular weight excluding hydrogens is 417 g/mol. The van der Waals surface area contributed by atoms with E-state index in [0.29, 0.717) is 36.6 Å². The van der Waals surface area contributed by atoms with E-state index in [1.165, 1.54) is 12.1 Å². The van der Waals surface area contributed by atoms with Crippen LogP contribution in [0.15, 0.2) is 42.5 Å². The number of ether oxygens (including phenoxy) is 1. The van der Waals surface area contributed by atoms with Crippen LogP contribution in [0, 0.1) is 12.8 Å². The molecule has 32 heavy (non-hydrogen) atoms. The topological polar surface area (TPSA) is 32.8 Å². The Morgan fingerprint density at radius 3 is 2.69 bits per heavy atom. The number of amides is 1. The van der Waals surface area contributed by atoms with Crippen LogP contribution in [0.4, 0.5) is 13.2 Å². The summed E-state index contributed by atoms with van der Waals surface area (Å²) in [5.41, 5.74) is 1.66. The maximum absolute atomic E-state index is 12.9. The van der Waals surface area contributed by atoms with E-state index < -0.39 is 11.7 Å². The van der Waals surface area contributed by atoms with Crippen molar-refractivity contribution in [3.63, 3.8) is 0 Å². The molecule has 0 unspecified atom stereocenters. The summed E-state index contributed by atoms with van der Waals surface area (Å²) in [5, 5.41) is 0. The summed E-state index contributed by atoms with van der Waals surface area (Å²) >= 11 is 0. The lowest BCUT2D eigenvalue weighted by molar-refractivity contribution is -0.137. The van der Waals surface area contributed by atoms with Crippen molar-refractivity contribution in [1.82, 2.24) is 9.80 Å². The Balaban J connectivity index is 1.53. The number of benzene rings is 2. The maximum Gasteiger partial charge on any atom is 0.416 e. The van der Waals surface area contributed by atoms with Crippen LogP contribution in [0.3, 0.4) is 0 Å². The van der Waals surface area contributed by atoms with Crippen molar-refractivity contribution in [2.75, 3.05) is 40.3 Å². The number of alkyl halides is 3. The number of piperidine rings is 1. The van der Waals surface area contributed by atoms with Gasteiger partial charge >= 0.3 is 6.18 Å². The summed E-state index contributed by atoms with van der Waals surface area (Å²) in [5.74, 6) is 1.09. The van der Waals surface area contributed by atoms with Crippen molar-refractivity contribution < 1.29 is 22.7 Å². The number of rotatable bonds is 7. The lowest BCUT2D eigenvalue weighted by Gasteiger charge is -2.34. The Morgan fingerprint density at radius 2 is 2.00 bits per heavy atom. The van der Waals surface area contributed by atoms with E-state index in [0.717, 1.165) is 43.3 Å². The molecule has 0 radical (unpaired) electrons. The molecule has 1 atom stereocenters. The van der Waals surface area contributed by atoms with Crippen molar-refractivity contribution in [3.8, 4) is 5.75 Å². The summed E-state index contributed by atoms with van der Waals surface area (Å²) < 4.78 is 44.1. The first-order chi connectivity index (χ1) is 15.2. The van der Waals surface area contributed by atoms with E-state index in [9.17, 15) is 18.0 Å². The molecule has 0 saturated carbocycles. The molecule has 4 nitrogen and oxygen atoms in total. The third-order valence-electron chi connectivity index (χ3n) is 6.09. The Bertz CT molecular complexity index is 930. The van der Waals surface area contributed by atoms with Gasteiger partial charge in [-0.3, -0.25) is 4.79 Å². The largest absolute Gasteiger partial charge is 0.496 e. The highest BCUT2D eigenvalue weighted by molar-refractivity contribution is 5.94. The van der Waals surface area contributed by atoms with Gasteiger partial charge in [0.25, 0.3) is 5.91 Å². The number of carbonyl (C=O) groups is 1. The SMILES string of the molecule is COc1ccc(C(=O)N(C)C[C@@H]2CCCN(CCc3cccc(C(F)(F)F)c3)C2)cc1C. The number of halogens is 3. The fraction of sp³-hybridized carbons (Fsp3) is 0.480. The molecule has 3 rings (SSSR count). The first-order valence-corrected chi connectivity index (χ1v) is 11.0.